The zero-order valence-corrected chi connectivity index (χ0v) is 13.2. The highest BCUT2D eigenvalue weighted by molar-refractivity contribution is 5.77. The molecule has 118 valence electrons. The van der Waals surface area contributed by atoms with E-state index in [2.05, 4.69) is 23.7 Å². The molecule has 0 saturated carbocycles. The minimum absolute atomic E-state index is 0.114. The van der Waals surface area contributed by atoms with Crippen LogP contribution < -0.4 is 5.56 Å². The number of hydrogen-bond donors (Lipinski definition) is 0. The van der Waals surface area contributed by atoms with Gasteiger partial charge in [-0.1, -0.05) is 13.8 Å². The van der Waals surface area contributed by atoms with Crippen molar-refractivity contribution in [2.45, 2.75) is 33.2 Å². The van der Waals surface area contributed by atoms with Crippen LogP contribution in [0, 0.1) is 11.7 Å². The van der Waals surface area contributed by atoms with Crippen molar-refractivity contribution in [2.24, 2.45) is 5.92 Å². The van der Waals surface area contributed by atoms with Gasteiger partial charge in [-0.15, -0.1) is 0 Å². The molecule has 2 heterocycles. The second kappa shape index (κ2) is 6.16. The van der Waals surface area contributed by atoms with Crippen LogP contribution in [0.2, 0.25) is 0 Å². The largest absolute Gasteiger partial charge is 0.303 e. The first-order valence-corrected chi connectivity index (χ1v) is 7.96. The first kappa shape index (κ1) is 15.2. The van der Waals surface area contributed by atoms with E-state index >= 15 is 0 Å². The molecule has 0 radical (unpaired) electrons. The summed E-state index contributed by atoms with van der Waals surface area (Å²) in [5.41, 5.74) is 0.477. The predicted octanol–water partition coefficient (Wildman–Crippen LogP) is 2.44. The molecule has 0 amide bonds. The highest BCUT2D eigenvalue weighted by atomic mass is 19.1. The molecule has 5 heteroatoms. The second-order valence-electron chi connectivity index (χ2n) is 6.44. The van der Waals surface area contributed by atoms with Crippen LogP contribution in [0.25, 0.3) is 10.9 Å². The monoisotopic (exact) mass is 303 g/mol. The SMILES string of the molecule is CC(C)CN1CCCn2c(nc3ccc(F)cc3c2=O)CC1. The molecule has 0 fully saturated rings. The highest BCUT2D eigenvalue weighted by Gasteiger charge is 2.17. The molecule has 0 N–H and O–H groups in total. The van der Waals surface area contributed by atoms with Crippen LogP contribution in [0.3, 0.4) is 0 Å². The van der Waals surface area contributed by atoms with Gasteiger partial charge in [0.2, 0.25) is 0 Å². The van der Waals surface area contributed by atoms with Crippen molar-refractivity contribution >= 4 is 10.9 Å². The van der Waals surface area contributed by atoms with Gasteiger partial charge < -0.3 is 4.90 Å². The number of benzene rings is 1. The third-order valence-electron chi connectivity index (χ3n) is 4.13. The Morgan fingerprint density at radius 1 is 1.27 bits per heavy atom. The molecule has 1 aliphatic rings. The quantitative estimate of drug-likeness (QED) is 0.855. The molecular weight excluding hydrogens is 281 g/mol. The number of rotatable bonds is 2. The van der Waals surface area contributed by atoms with Crippen molar-refractivity contribution in [3.63, 3.8) is 0 Å². The normalized spacial score (nSPS) is 16.5. The fourth-order valence-electron chi connectivity index (χ4n) is 3.18. The van der Waals surface area contributed by atoms with Gasteiger partial charge in [-0.25, -0.2) is 9.37 Å². The molecule has 0 unspecified atom stereocenters. The number of hydrogen-bond acceptors (Lipinski definition) is 3. The molecule has 1 aromatic heterocycles. The van der Waals surface area contributed by atoms with E-state index in [9.17, 15) is 9.18 Å². The summed E-state index contributed by atoms with van der Waals surface area (Å²) < 4.78 is 15.1. The number of halogens is 1. The average Bonchev–Trinajstić information content (AvgIpc) is 2.45. The zero-order chi connectivity index (χ0) is 15.7. The van der Waals surface area contributed by atoms with Gasteiger partial charge in [0.1, 0.15) is 11.6 Å². The Labute approximate surface area is 129 Å². The molecule has 1 aliphatic heterocycles. The number of fused-ring (bicyclic) bond motifs is 2. The smallest absolute Gasteiger partial charge is 0.261 e. The molecule has 3 rings (SSSR count). The lowest BCUT2D eigenvalue weighted by atomic mass is 10.1. The third kappa shape index (κ3) is 3.04. The third-order valence-corrected chi connectivity index (χ3v) is 4.13. The Hall–Kier alpha value is -1.75. The molecule has 2 aromatic rings. The average molecular weight is 303 g/mol. The molecule has 0 spiro atoms. The van der Waals surface area contributed by atoms with Gasteiger partial charge in [0, 0.05) is 26.1 Å². The van der Waals surface area contributed by atoms with E-state index in [1.165, 1.54) is 12.1 Å². The lowest BCUT2D eigenvalue weighted by Crippen LogP contribution is -2.37. The fourth-order valence-corrected chi connectivity index (χ4v) is 3.18. The second-order valence-corrected chi connectivity index (χ2v) is 6.44. The maximum Gasteiger partial charge on any atom is 0.261 e. The summed E-state index contributed by atoms with van der Waals surface area (Å²) in [6, 6.07) is 4.25. The van der Waals surface area contributed by atoms with Crippen LogP contribution >= 0.6 is 0 Å². The Morgan fingerprint density at radius 2 is 2.09 bits per heavy atom. The van der Waals surface area contributed by atoms with E-state index in [0.29, 0.717) is 23.4 Å². The maximum atomic E-state index is 13.4. The molecule has 0 saturated heterocycles. The fraction of sp³-hybridized carbons (Fsp3) is 0.529. The van der Waals surface area contributed by atoms with Gasteiger partial charge >= 0.3 is 0 Å². The maximum absolute atomic E-state index is 13.4. The lowest BCUT2D eigenvalue weighted by Gasteiger charge is -2.27. The predicted molar refractivity (Wildman–Crippen MR) is 85.6 cm³/mol. The minimum atomic E-state index is -0.388. The number of nitrogens with zero attached hydrogens (tertiary/aromatic N) is 3. The van der Waals surface area contributed by atoms with Crippen LogP contribution in [0.4, 0.5) is 4.39 Å². The van der Waals surface area contributed by atoms with Crippen molar-refractivity contribution in [3.8, 4) is 0 Å². The molecule has 4 nitrogen and oxygen atoms in total. The summed E-state index contributed by atoms with van der Waals surface area (Å²) in [5, 5.41) is 0.378. The summed E-state index contributed by atoms with van der Waals surface area (Å²) in [4.78, 5) is 19.6. The van der Waals surface area contributed by atoms with Gasteiger partial charge in [0.15, 0.2) is 0 Å². The van der Waals surface area contributed by atoms with E-state index in [4.69, 9.17) is 0 Å². The van der Waals surface area contributed by atoms with Crippen molar-refractivity contribution < 1.29 is 4.39 Å². The van der Waals surface area contributed by atoms with Crippen LogP contribution in [0.5, 0.6) is 0 Å². The first-order chi connectivity index (χ1) is 10.5. The lowest BCUT2D eigenvalue weighted by molar-refractivity contribution is 0.228. The Kier molecular flexibility index (Phi) is 4.25. The summed E-state index contributed by atoms with van der Waals surface area (Å²) >= 11 is 0. The van der Waals surface area contributed by atoms with E-state index in [-0.39, 0.29) is 11.4 Å². The van der Waals surface area contributed by atoms with Crippen LogP contribution in [0.1, 0.15) is 26.1 Å². The molecule has 0 aliphatic carbocycles. The van der Waals surface area contributed by atoms with E-state index in [1.54, 1.807) is 10.6 Å². The van der Waals surface area contributed by atoms with E-state index in [1.807, 2.05) is 0 Å². The van der Waals surface area contributed by atoms with Gasteiger partial charge in [-0.3, -0.25) is 9.36 Å². The first-order valence-electron chi connectivity index (χ1n) is 7.96. The van der Waals surface area contributed by atoms with E-state index in [0.717, 1.165) is 38.3 Å². The Balaban J connectivity index is 1.97. The standard InChI is InChI=1S/C17H22FN3O/c1-12(2)11-20-7-3-8-21-16(6-9-20)19-15-5-4-13(18)10-14(15)17(21)22/h4-5,10,12H,3,6-9,11H2,1-2H3. The van der Waals surface area contributed by atoms with Gasteiger partial charge in [0.05, 0.1) is 10.9 Å². The zero-order valence-electron chi connectivity index (χ0n) is 13.2. The van der Waals surface area contributed by atoms with Crippen molar-refractivity contribution in [1.29, 1.82) is 0 Å². The van der Waals surface area contributed by atoms with Crippen molar-refractivity contribution in [1.82, 2.24) is 14.5 Å². The summed E-state index contributed by atoms with van der Waals surface area (Å²) in [7, 11) is 0. The van der Waals surface area contributed by atoms with Crippen LogP contribution in [-0.4, -0.2) is 34.1 Å². The summed E-state index contributed by atoms with van der Waals surface area (Å²) in [6.45, 7) is 8.07. The summed E-state index contributed by atoms with van der Waals surface area (Å²) in [5.74, 6) is 1.06. The van der Waals surface area contributed by atoms with Crippen LogP contribution in [0.15, 0.2) is 23.0 Å². The number of aromatic nitrogens is 2. The van der Waals surface area contributed by atoms with Gasteiger partial charge in [0.25, 0.3) is 5.56 Å². The topological polar surface area (TPSA) is 38.1 Å². The molecule has 1 aromatic carbocycles. The van der Waals surface area contributed by atoms with Crippen molar-refractivity contribution in [3.05, 3.63) is 40.2 Å². The summed E-state index contributed by atoms with van der Waals surface area (Å²) in [6.07, 6.45) is 1.68. The molecule has 0 atom stereocenters. The van der Waals surface area contributed by atoms with Crippen molar-refractivity contribution in [2.75, 3.05) is 19.6 Å². The van der Waals surface area contributed by atoms with Gasteiger partial charge in [-0.05, 0) is 37.1 Å². The Bertz CT molecular complexity index is 738. The van der Waals surface area contributed by atoms with Gasteiger partial charge in [-0.2, -0.15) is 0 Å². The highest BCUT2D eigenvalue weighted by Crippen LogP contribution is 2.13. The molecule has 0 bridgehead atoms. The Morgan fingerprint density at radius 3 is 2.86 bits per heavy atom. The molecular formula is C17H22FN3O. The minimum Gasteiger partial charge on any atom is -0.303 e. The van der Waals surface area contributed by atoms with E-state index < -0.39 is 0 Å². The van der Waals surface area contributed by atoms with Crippen LogP contribution in [-0.2, 0) is 13.0 Å². The molecule has 22 heavy (non-hydrogen) atoms.